The number of amides is 2. The van der Waals surface area contributed by atoms with Gasteiger partial charge in [0, 0.05) is 48.5 Å². The molecule has 0 radical (unpaired) electrons. The van der Waals surface area contributed by atoms with Crippen LogP contribution in [0.4, 0.5) is 0 Å². The Bertz CT molecular complexity index is 1100. The Kier molecular flexibility index (Phi) is 13.4. The second-order valence-corrected chi connectivity index (χ2v) is 9.99. The number of hydrogen-bond acceptors (Lipinski definition) is 16. The van der Waals surface area contributed by atoms with Crippen LogP contribution in [0.15, 0.2) is 0 Å². The normalized spacial score (nSPS) is 31.5. The van der Waals surface area contributed by atoms with E-state index >= 15 is 0 Å². The van der Waals surface area contributed by atoms with Crippen LogP contribution in [0.3, 0.4) is 0 Å². The Morgan fingerprint density at radius 1 is 0.568 bits per heavy atom. The maximum absolute atomic E-state index is 12.3. The van der Waals surface area contributed by atoms with Gasteiger partial charge in [-0.3, -0.25) is 33.6 Å². The summed E-state index contributed by atoms with van der Waals surface area (Å²) in [7, 11) is 0. The average Bonchev–Trinajstić information content (AvgIpc) is 2.87. The van der Waals surface area contributed by atoms with Crippen LogP contribution in [0.5, 0.6) is 0 Å². The third kappa shape index (κ3) is 10.7. The molecule has 10 atom stereocenters. The van der Waals surface area contributed by atoms with Gasteiger partial charge in [-0.05, 0) is 0 Å². The van der Waals surface area contributed by atoms with E-state index in [-0.39, 0.29) is 0 Å². The number of carbonyl (C=O) groups is 7. The first-order valence-electron chi connectivity index (χ1n) is 13.5. The molecule has 0 saturated carbocycles. The van der Waals surface area contributed by atoms with Crippen LogP contribution >= 0.6 is 0 Å². The minimum Gasteiger partial charge on any atom is -0.463 e. The van der Waals surface area contributed by atoms with Gasteiger partial charge in [0.25, 0.3) is 0 Å². The number of ether oxygens (including phenoxy) is 8. The highest BCUT2D eigenvalue weighted by atomic mass is 16.7. The number of aliphatic hydroxyl groups is 1. The van der Waals surface area contributed by atoms with Gasteiger partial charge < -0.3 is 53.6 Å². The molecule has 18 nitrogen and oxygen atoms in total. The molecule has 248 valence electrons. The van der Waals surface area contributed by atoms with Crippen LogP contribution in [0.25, 0.3) is 0 Å². The molecule has 2 amide bonds. The summed E-state index contributed by atoms with van der Waals surface area (Å²) in [5.41, 5.74) is 0. The van der Waals surface area contributed by atoms with E-state index in [9.17, 15) is 38.7 Å². The maximum atomic E-state index is 12.3. The summed E-state index contributed by atoms with van der Waals surface area (Å²) in [4.78, 5) is 83.8. The first-order valence-corrected chi connectivity index (χ1v) is 13.5. The lowest BCUT2D eigenvalue weighted by atomic mass is 9.94. The molecule has 0 aromatic rings. The zero-order valence-corrected chi connectivity index (χ0v) is 25.3. The van der Waals surface area contributed by atoms with Crippen molar-refractivity contribution in [2.24, 2.45) is 0 Å². The van der Waals surface area contributed by atoms with Gasteiger partial charge in [0.2, 0.25) is 11.8 Å². The maximum Gasteiger partial charge on any atom is 0.303 e. The molecule has 2 fully saturated rings. The first-order chi connectivity index (χ1) is 20.5. The molecular weight excluding hydrogens is 596 g/mol. The van der Waals surface area contributed by atoms with Crippen molar-refractivity contribution in [1.29, 1.82) is 0 Å². The second kappa shape index (κ2) is 16.3. The summed E-state index contributed by atoms with van der Waals surface area (Å²) in [6, 6.07) is -2.83. The second-order valence-electron chi connectivity index (χ2n) is 9.99. The fourth-order valence-electron chi connectivity index (χ4n) is 4.70. The molecule has 18 heteroatoms. The molecule has 0 aromatic heterocycles. The number of nitrogens with one attached hydrogen (secondary N) is 2. The van der Waals surface area contributed by atoms with E-state index in [1.54, 1.807) is 0 Å². The highest BCUT2D eigenvalue weighted by Gasteiger charge is 2.55. The van der Waals surface area contributed by atoms with Crippen molar-refractivity contribution in [3.05, 3.63) is 0 Å². The summed E-state index contributed by atoms with van der Waals surface area (Å²) in [6.45, 7) is 6.58. The standard InChI is InChI=1S/C26H38N2O16/c1-10(29)27-19-23(40-15(6)34)22(17(42-25(19)36)8-37-12(3)31)44-26-20(28-11(2)30)24(41-16(7)35)21(39-14(5)33)18(43-26)9-38-13(4)32/h17-26,36H,8-9H2,1-7H3,(H,27,29)(H,28,30)/t17-,18-,19+,20+,21+,22+,23-,24-,25+,26-/m0/s1. The lowest BCUT2D eigenvalue weighted by molar-refractivity contribution is -0.330. The number of carbonyl (C=O) groups excluding carboxylic acids is 7. The molecule has 2 heterocycles. The van der Waals surface area contributed by atoms with Crippen molar-refractivity contribution in [1.82, 2.24) is 10.6 Å². The van der Waals surface area contributed by atoms with E-state index in [1.807, 2.05) is 0 Å². The zero-order valence-electron chi connectivity index (χ0n) is 25.3. The zero-order chi connectivity index (χ0) is 33.3. The van der Waals surface area contributed by atoms with Gasteiger partial charge >= 0.3 is 29.8 Å². The average molecular weight is 635 g/mol. The lowest BCUT2D eigenvalue weighted by Gasteiger charge is -2.49. The van der Waals surface area contributed by atoms with Crippen molar-refractivity contribution in [3.63, 3.8) is 0 Å². The van der Waals surface area contributed by atoms with Crippen LogP contribution in [-0.4, -0.2) is 121 Å². The van der Waals surface area contributed by atoms with Gasteiger partial charge in [-0.15, -0.1) is 0 Å². The lowest BCUT2D eigenvalue weighted by Crippen LogP contribution is -2.70. The predicted octanol–water partition coefficient (Wildman–Crippen LogP) is -2.26. The molecular formula is C26H38N2O16. The molecule has 2 saturated heterocycles. The Morgan fingerprint density at radius 3 is 1.41 bits per heavy atom. The van der Waals surface area contributed by atoms with Crippen molar-refractivity contribution in [2.45, 2.75) is 110 Å². The molecule has 0 spiro atoms. The smallest absolute Gasteiger partial charge is 0.303 e. The molecule has 2 rings (SSSR count). The van der Waals surface area contributed by atoms with Crippen LogP contribution in [-0.2, 0) is 71.5 Å². The largest absolute Gasteiger partial charge is 0.463 e. The fourth-order valence-corrected chi connectivity index (χ4v) is 4.70. The molecule has 3 N–H and O–H groups in total. The molecule has 2 aliphatic heterocycles. The van der Waals surface area contributed by atoms with Crippen LogP contribution in [0.2, 0.25) is 0 Å². The monoisotopic (exact) mass is 634 g/mol. The predicted molar refractivity (Wildman–Crippen MR) is 140 cm³/mol. The molecule has 0 aliphatic carbocycles. The summed E-state index contributed by atoms with van der Waals surface area (Å²) >= 11 is 0. The van der Waals surface area contributed by atoms with E-state index in [1.165, 1.54) is 0 Å². The van der Waals surface area contributed by atoms with Gasteiger partial charge in [-0.2, -0.15) is 0 Å². The SMILES string of the molecule is CC(=O)N[C@@H]1[C@H](OC(C)=O)[C@H](O[C@@H]2O[C@@H](COC(C)=O)[C@@H](OC(C)=O)[C@@H](OC(C)=O)[C@H]2NC(C)=O)[C@H](COC(C)=O)O[C@H]1O. The minimum absolute atomic E-state index is 0.531. The minimum atomic E-state index is -1.78. The third-order valence-corrected chi connectivity index (χ3v) is 6.15. The van der Waals surface area contributed by atoms with Crippen molar-refractivity contribution < 1.29 is 76.6 Å². The number of aliphatic hydroxyl groups excluding tert-OH is 1. The third-order valence-electron chi connectivity index (χ3n) is 6.15. The Morgan fingerprint density at radius 2 is 0.977 bits per heavy atom. The number of hydrogen-bond donors (Lipinski definition) is 3. The van der Waals surface area contributed by atoms with E-state index in [4.69, 9.17) is 37.9 Å². The quantitative estimate of drug-likeness (QED) is 0.161. The summed E-state index contributed by atoms with van der Waals surface area (Å²) in [5.74, 6) is -5.31. The first kappa shape index (κ1) is 36.3. The van der Waals surface area contributed by atoms with Crippen LogP contribution < -0.4 is 10.6 Å². The van der Waals surface area contributed by atoms with Gasteiger partial charge in [-0.1, -0.05) is 0 Å². The van der Waals surface area contributed by atoms with Crippen molar-refractivity contribution in [3.8, 4) is 0 Å². The number of esters is 5. The fraction of sp³-hybridized carbons (Fsp3) is 0.731. The van der Waals surface area contributed by atoms with E-state index in [2.05, 4.69) is 10.6 Å². The molecule has 0 unspecified atom stereocenters. The van der Waals surface area contributed by atoms with Gasteiger partial charge in [-0.25, -0.2) is 0 Å². The van der Waals surface area contributed by atoms with E-state index < -0.39 is 116 Å². The van der Waals surface area contributed by atoms with Crippen molar-refractivity contribution in [2.75, 3.05) is 13.2 Å². The summed E-state index contributed by atoms with van der Waals surface area (Å²) < 4.78 is 44.2. The Balaban J connectivity index is 2.66. The van der Waals surface area contributed by atoms with E-state index in [0.29, 0.717) is 0 Å². The highest BCUT2D eigenvalue weighted by molar-refractivity contribution is 5.74. The Labute approximate surface area is 252 Å². The topological polar surface area (TPSA) is 238 Å². The number of rotatable bonds is 11. The van der Waals surface area contributed by atoms with Crippen molar-refractivity contribution >= 4 is 41.7 Å². The van der Waals surface area contributed by atoms with Gasteiger partial charge in [0.1, 0.15) is 43.6 Å². The van der Waals surface area contributed by atoms with Gasteiger partial charge in [0.15, 0.2) is 30.9 Å². The van der Waals surface area contributed by atoms with E-state index in [0.717, 1.165) is 48.5 Å². The Hall–Kier alpha value is -3.87. The molecule has 0 bridgehead atoms. The molecule has 44 heavy (non-hydrogen) atoms. The molecule has 0 aromatic carbocycles. The van der Waals surface area contributed by atoms with Gasteiger partial charge in [0.05, 0.1) is 0 Å². The summed E-state index contributed by atoms with van der Waals surface area (Å²) in [6.07, 6.45) is -12.1. The van der Waals surface area contributed by atoms with Crippen LogP contribution in [0.1, 0.15) is 48.5 Å². The summed E-state index contributed by atoms with van der Waals surface area (Å²) in [5, 5.41) is 15.6. The molecule has 2 aliphatic rings. The van der Waals surface area contributed by atoms with Crippen LogP contribution in [0, 0.1) is 0 Å². The highest BCUT2D eigenvalue weighted by Crippen LogP contribution is 2.33.